The SMILES string of the molecule is CC1(C)OB(c2ccc3oc(=O)[nH]c3c2F)OC1(C)C. The van der Waals surface area contributed by atoms with E-state index in [2.05, 4.69) is 4.98 Å². The highest BCUT2D eigenvalue weighted by Crippen LogP contribution is 2.36. The number of nitrogens with one attached hydrogen (secondary N) is 1. The quantitative estimate of drug-likeness (QED) is 0.804. The van der Waals surface area contributed by atoms with Crippen molar-refractivity contribution in [2.45, 2.75) is 38.9 Å². The van der Waals surface area contributed by atoms with Gasteiger partial charge in [0, 0.05) is 5.46 Å². The summed E-state index contributed by atoms with van der Waals surface area (Å²) in [5.74, 6) is -1.28. The van der Waals surface area contributed by atoms with Crippen molar-refractivity contribution in [1.82, 2.24) is 4.98 Å². The maximum atomic E-state index is 14.4. The van der Waals surface area contributed by atoms with Gasteiger partial charge in [0.1, 0.15) is 5.52 Å². The molecule has 0 spiro atoms. The maximum Gasteiger partial charge on any atom is 0.497 e. The van der Waals surface area contributed by atoms with Crippen molar-refractivity contribution >= 4 is 23.7 Å². The molecule has 2 aromatic rings. The van der Waals surface area contributed by atoms with Gasteiger partial charge >= 0.3 is 12.9 Å². The van der Waals surface area contributed by atoms with E-state index in [9.17, 15) is 9.18 Å². The van der Waals surface area contributed by atoms with Gasteiger partial charge in [0.05, 0.1) is 11.2 Å². The van der Waals surface area contributed by atoms with E-state index in [4.69, 9.17) is 13.7 Å². The van der Waals surface area contributed by atoms with Crippen LogP contribution in [0.5, 0.6) is 0 Å². The minimum atomic E-state index is -0.817. The maximum absolute atomic E-state index is 14.4. The molecule has 0 atom stereocenters. The van der Waals surface area contributed by atoms with E-state index >= 15 is 0 Å². The van der Waals surface area contributed by atoms with Gasteiger partial charge in [-0.3, -0.25) is 4.98 Å². The van der Waals surface area contributed by atoms with E-state index in [0.717, 1.165) is 0 Å². The standard InChI is InChI=1S/C13H15BFNO4/c1-12(2)13(3,4)20-14(19-12)7-5-6-8-10(9(7)15)16-11(17)18-8/h5-6H,1-4H3,(H,16,17). The number of oxazole rings is 1. The van der Waals surface area contributed by atoms with Crippen LogP contribution in [0, 0.1) is 5.82 Å². The normalized spacial score (nSPS) is 20.8. The van der Waals surface area contributed by atoms with Crippen LogP contribution in [-0.4, -0.2) is 23.3 Å². The van der Waals surface area contributed by atoms with Crippen LogP contribution in [0.2, 0.25) is 0 Å². The summed E-state index contributed by atoms with van der Waals surface area (Å²) >= 11 is 0. The van der Waals surface area contributed by atoms with E-state index in [1.165, 1.54) is 12.1 Å². The lowest BCUT2D eigenvalue weighted by Crippen LogP contribution is -2.41. The Kier molecular flexibility index (Phi) is 2.65. The molecule has 0 amide bonds. The Morgan fingerprint density at radius 1 is 1.15 bits per heavy atom. The Hall–Kier alpha value is -1.60. The summed E-state index contributed by atoms with van der Waals surface area (Å²) in [5.41, 5.74) is -0.658. The van der Waals surface area contributed by atoms with Crippen LogP contribution >= 0.6 is 0 Å². The van der Waals surface area contributed by atoms with Gasteiger partial charge in [0.2, 0.25) is 0 Å². The summed E-state index contributed by atoms with van der Waals surface area (Å²) in [6, 6.07) is 3.04. The van der Waals surface area contributed by atoms with Crippen LogP contribution in [-0.2, 0) is 9.31 Å². The van der Waals surface area contributed by atoms with Gasteiger partial charge in [-0.05, 0) is 33.8 Å². The predicted octanol–water partition coefficient (Wildman–Crippen LogP) is 1.56. The fourth-order valence-electron chi connectivity index (χ4n) is 2.16. The number of aromatic nitrogens is 1. The third kappa shape index (κ3) is 1.81. The highest BCUT2D eigenvalue weighted by molar-refractivity contribution is 6.62. The monoisotopic (exact) mass is 279 g/mol. The molecule has 20 heavy (non-hydrogen) atoms. The zero-order valence-electron chi connectivity index (χ0n) is 11.7. The summed E-state index contributed by atoms with van der Waals surface area (Å²) in [4.78, 5) is 13.5. The lowest BCUT2D eigenvalue weighted by molar-refractivity contribution is 0.00578. The fourth-order valence-corrected chi connectivity index (χ4v) is 2.16. The number of aromatic amines is 1. The Bertz CT molecular complexity index is 718. The minimum Gasteiger partial charge on any atom is -0.408 e. The number of fused-ring (bicyclic) bond motifs is 1. The average molecular weight is 279 g/mol. The molecule has 1 aromatic carbocycles. The molecular weight excluding hydrogens is 264 g/mol. The molecule has 0 unspecified atom stereocenters. The fraction of sp³-hybridized carbons (Fsp3) is 0.462. The second kappa shape index (κ2) is 3.96. The zero-order chi connectivity index (χ0) is 14.7. The molecule has 106 valence electrons. The third-order valence-corrected chi connectivity index (χ3v) is 4.07. The summed E-state index contributed by atoms with van der Waals surface area (Å²) < 4.78 is 30.9. The smallest absolute Gasteiger partial charge is 0.408 e. The summed E-state index contributed by atoms with van der Waals surface area (Å²) in [6.07, 6.45) is 0. The van der Waals surface area contributed by atoms with Crippen molar-refractivity contribution in [3.05, 3.63) is 28.5 Å². The number of hydrogen-bond acceptors (Lipinski definition) is 4. The van der Waals surface area contributed by atoms with Crippen LogP contribution in [0.3, 0.4) is 0 Å². The van der Waals surface area contributed by atoms with Gasteiger partial charge in [-0.25, -0.2) is 9.18 Å². The number of halogens is 1. The topological polar surface area (TPSA) is 64.5 Å². The molecule has 1 aliphatic heterocycles. The Morgan fingerprint density at radius 3 is 2.35 bits per heavy atom. The second-order valence-corrected chi connectivity index (χ2v) is 5.94. The first-order chi connectivity index (χ1) is 9.21. The van der Waals surface area contributed by atoms with Gasteiger partial charge in [-0.15, -0.1) is 0 Å². The van der Waals surface area contributed by atoms with E-state index in [1.54, 1.807) is 0 Å². The Labute approximate surface area is 115 Å². The molecule has 7 heteroatoms. The molecule has 1 fully saturated rings. The zero-order valence-corrected chi connectivity index (χ0v) is 11.7. The van der Waals surface area contributed by atoms with Gasteiger partial charge in [0.15, 0.2) is 11.4 Å². The number of rotatable bonds is 1. The molecule has 5 nitrogen and oxygen atoms in total. The second-order valence-electron chi connectivity index (χ2n) is 5.94. The van der Waals surface area contributed by atoms with E-state index < -0.39 is 29.9 Å². The summed E-state index contributed by atoms with van der Waals surface area (Å²) in [7, 11) is -0.817. The first-order valence-electron chi connectivity index (χ1n) is 6.38. The molecule has 0 aliphatic carbocycles. The van der Waals surface area contributed by atoms with Gasteiger partial charge in [-0.1, -0.05) is 6.07 Å². The molecule has 3 rings (SSSR count). The first-order valence-corrected chi connectivity index (χ1v) is 6.38. The highest BCUT2D eigenvalue weighted by Gasteiger charge is 2.52. The molecule has 0 saturated carbocycles. The molecule has 2 heterocycles. The molecule has 1 saturated heterocycles. The molecule has 1 aromatic heterocycles. The molecule has 0 radical (unpaired) electrons. The molecule has 1 aliphatic rings. The van der Waals surface area contributed by atoms with E-state index in [-0.39, 0.29) is 16.6 Å². The van der Waals surface area contributed by atoms with Crippen molar-refractivity contribution in [1.29, 1.82) is 0 Å². The number of benzene rings is 1. The van der Waals surface area contributed by atoms with Crippen molar-refractivity contribution in [3.8, 4) is 0 Å². The lowest BCUT2D eigenvalue weighted by Gasteiger charge is -2.32. The van der Waals surface area contributed by atoms with E-state index in [1.807, 2.05) is 27.7 Å². The first kappa shape index (κ1) is 13.4. The molecular formula is C13H15BFNO4. The van der Waals surface area contributed by atoms with Crippen LogP contribution < -0.4 is 11.2 Å². The van der Waals surface area contributed by atoms with Crippen LogP contribution in [0.4, 0.5) is 4.39 Å². The van der Waals surface area contributed by atoms with Gasteiger partial charge < -0.3 is 13.7 Å². The Morgan fingerprint density at radius 2 is 1.75 bits per heavy atom. The third-order valence-electron chi connectivity index (χ3n) is 4.07. The largest absolute Gasteiger partial charge is 0.497 e. The van der Waals surface area contributed by atoms with Crippen LogP contribution in [0.1, 0.15) is 27.7 Å². The molecule has 0 bridgehead atoms. The lowest BCUT2D eigenvalue weighted by atomic mass is 9.78. The molecule has 1 N–H and O–H groups in total. The van der Waals surface area contributed by atoms with Gasteiger partial charge in [-0.2, -0.15) is 0 Å². The van der Waals surface area contributed by atoms with Crippen molar-refractivity contribution < 1.29 is 18.1 Å². The van der Waals surface area contributed by atoms with E-state index in [0.29, 0.717) is 0 Å². The minimum absolute atomic E-state index is 0.0298. The number of hydrogen-bond donors (Lipinski definition) is 1. The average Bonchev–Trinajstić information content (AvgIpc) is 2.78. The summed E-state index contributed by atoms with van der Waals surface area (Å²) in [6.45, 7) is 7.57. The van der Waals surface area contributed by atoms with Crippen molar-refractivity contribution in [2.75, 3.05) is 0 Å². The highest BCUT2D eigenvalue weighted by atomic mass is 19.1. The predicted molar refractivity (Wildman–Crippen MR) is 72.5 cm³/mol. The van der Waals surface area contributed by atoms with Crippen LogP contribution in [0.25, 0.3) is 11.1 Å². The van der Waals surface area contributed by atoms with Crippen molar-refractivity contribution in [3.63, 3.8) is 0 Å². The van der Waals surface area contributed by atoms with Crippen LogP contribution in [0.15, 0.2) is 21.3 Å². The summed E-state index contributed by atoms with van der Waals surface area (Å²) in [5, 5.41) is 0. The van der Waals surface area contributed by atoms with Gasteiger partial charge in [0.25, 0.3) is 0 Å². The Balaban J connectivity index is 2.08. The number of H-pyrrole nitrogens is 1. The van der Waals surface area contributed by atoms with Crippen molar-refractivity contribution in [2.24, 2.45) is 0 Å².